The van der Waals surface area contributed by atoms with Gasteiger partial charge in [-0.25, -0.2) is 4.98 Å². The van der Waals surface area contributed by atoms with Crippen LogP contribution in [0.3, 0.4) is 0 Å². The molecule has 2 aromatic rings. The zero-order valence-electron chi connectivity index (χ0n) is 15.6. The second-order valence-corrected chi connectivity index (χ2v) is 6.94. The van der Waals surface area contributed by atoms with Crippen LogP contribution in [0.2, 0.25) is 0 Å². The van der Waals surface area contributed by atoms with Crippen LogP contribution < -0.4 is 5.32 Å². The number of aromatic amines is 1. The van der Waals surface area contributed by atoms with Crippen LogP contribution in [0.5, 0.6) is 0 Å². The van der Waals surface area contributed by atoms with Gasteiger partial charge >= 0.3 is 0 Å². The Morgan fingerprint density at radius 2 is 2.15 bits per heavy atom. The maximum atomic E-state index is 12.8. The van der Waals surface area contributed by atoms with E-state index in [9.17, 15) is 14.7 Å². The predicted octanol–water partition coefficient (Wildman–Crippen LogP) is 0.330. The van der Waals surface area contributed by atoms with E-state index in [-0.39, 0.29) is 24.4 Å². The normalized spacial score (nSPS) is 20.3. The zero-order valence-corrected chi connectivity index (χ0v) is 15.6. The molecule has 0 bridgehead atoms. The third-order valence-corrected chi connectivity index (χ3v) is 4.77. The van der Waals surface area contributed by atoms with Gasteiger partial charge in [-0.15, -0.1) is 0 Å². The van der Waals surface area contributed by atoms with Crippen LogP contribution in [-0.2, 0) is 4.79 Å². The van der Waals surface area contributed by atoms with Crippen LogP contribution >= 0.6 is 0 Å². The number of carbonyl (C=O) groups is 2. The van der Waals surface area contributed by atoms with E-state index < -0.39 is 6.10 Å². The van der Waals surface area contributed by atoms with Gasteiger partial charge in [0.2, 0.25) is 5.91 Å². The van der Waals surface area contributed by atoms with Gasteiger partial charge in [0, 0.05) is 45.1 Å². The molecular weight excluding hydrogens is 346 g/mol. The Hall–Kier alpha value is -2.71. The van der Waals surface area contributed by atoms with Crippen molar-refractivity contribution in [2.24, 2.45) is 0 Å². The molecule has 3 N–H and O–H groups in total. The SMILES string of the molecule is CN(C)C(=O)CN1CC[C@@H](NC(=O)c2ccccc2-c2ncc[nH]2)[C@H](O)C1. The number of H-pyrrole nitrogens is 1. The first-order valence-corrected chi connectivity index (χ1v) is 8.96. The minimum Gasteiger partial charge on any atom is -0.390 e. The van der Waals surface area contributed by atoms with Gasteiger partial charge in [0.05, 0.1) is 24.3 Å². The predicted molar refractivity (Wildman–Crippen MR) is 101 cm³/mol. The molecule has 1 fully saturated rings. The Morgan fingerprint density at radius 3 is 2.81 bits per heavy atom. The van der Waals surface area contributed by atoms with Gasteiger partial charge in [-0.05, 0) is 12.5 Å². The number of nitrogens with zero attached hydrogens (tertiary/aromatic N) is 3. The fourth-order valence-electron chi connectivity index (χ4n) is 3.19. The molecule has 8 nitrogen and oxygen atoms in total. The molecule has 1 saturated heterocycles. The van der Waals surface area contributed by atoms with Crippen molar-refractivity contribution in [3.8, 4) is 11.4 Å². The highest BCUT2D eigenvalue weighted by molar-refractivity contribution is 6.00. The summed E-state index contributed by atoms with van der Waals surface area (Å²) >= 11 is 0. The number of carbonyl (C=O) groups excluding carboxylic acids is 2. The minimum absolute atomic E-state index is 0.00272. The number of imidazole rings is 1. The van der Waals surface area contributed by atoms with Crippen molar-refractivity contribution in [2.45, 2.75) is 18.6 Å². The van der Waals surface area contributed by atoms with Crippen LogP contribution in [0.15, 0.2) is 36.7 Å². The minimum atomic E-state index is -0.728. The lowest BCUT2D eigenvalue weighted by Gasteiger charge is -2.36. The number of aliphatic hydroxyl groups excluding tert-OH is 1. The highest BCUT2D eigenvalue weighted by atomic mass is 16.3. The molecule has 1 aliphatic heterocycles. The first-order chi connectivity index (χ1) is 13.0. The van der Waals surface area contributed by atoms with Gasteiger partial charge in [0.1, 0.15) is 5.82 Å². The summed E-state index contributed by atoms with van der Waals surface area (Å²) in [4.78, 5) is 35.3. The second kappa shape index (κ2) is 8.32. The van der Waals surface area contributed by atoms with Crippen molar-refractivity contribution in [3.05, 3.63) is 42.2 Å². The summed E-state index contributed by atoms with van der Waals surface area (Å²) in [6.45, 7) is 1.26. The number of piperidine rings is 1. The number of hydrogen-bond acceptors (Lipinski definition) is 5. The van der Waals surface area contributed by atoms with Gasteiger partial charge in [-0.2, -0.15) is 0 Å². The van der Waals surface area contributed by atoms with Crippen LogP contribution in [-0.4, -0.2) is 82.6 Å². The van der Waals surface area contributed by atoms with Crippen molar-refractivity contribution in [1.29, 1.82) is 0 Å². The number of nitrogens with one attached hydrogen (secondary N) is 2. The summed E-state index contributed by atoms with van der Waals surface area (Å²) in [6.07, 6.45) is 3.20. The van der Waals surface area contributed by atoms with Gasteiger partial charge in [-0.1, -0.05) is 18.2 Å². The monoisotopic (exact) mass is 371 g/mol. The standard InChI is InChI=1S/C19H25N5O3/c1-23(2)17(26)12-24-10-7-15(16(25)11-24)22-19(27)14-6-4-3-5-13(14)18-20-8-9-21-18/h3-6,8-9,15-16,25H,7,10-12H2,1-2H3,(H,20,21)(H,22,27)/t15-,16-/m1/s1. The zero-order chi connectivity index (χ0) is 19.4. The summed E-state index contributed by atoms with van der Waals surface area (Å²) in [5.41, 5.74) is 1.22. The first-order valence-electron chi connectivity index (χ1n) is 8.96. The fourth-order valence-corrected chi connectivity index (χ4v) is 3.19. The van der Waals surface area contributed by atoms with Crippen LogP contribution in [0, 0.1) is 0 Å². The smallest absolute Gasteiger partial charge is 0.252 e. The second-order valence-electron chi connectivity index (χ2n) is 6.94. The third-order valence-electron chi connectivity index (χ3n) is 4.77. The Bertz CT molecular complexity index is 790. The average Bonchev–Trinajstić information content (AvgIpc) is 3.18. The van der Waals surface area contributed by atoms with E-state index in [2.05, 4.69) is 15.3 Å². The molecule has 2 heterocycles. The topological polar surface area (TPSA) is 102 Å². The summed E-state index contributed by atoms with van der Waals surface area (Å²) in [5.74, 6) is 0.374. The lowest BCUT2D eigenvalue weighted by Crippen LogP contribution is -2.55. The number of aromatic nitrogens is 2. The summed E-state index contributed by atoms with van der Waals surface area (Å²) in [7, 11) is 3.42. The molecule has 2 atom stereocenters. The van der Waals surface area contributed by atoms with E-state index in [0.717, 1.165) is 0 Å². The molecule has 27 heavy (non-hydrogen) atoms. The van der Waals surface area contributed by atoms with Gasteiger partial charge < -0.3 is 20.3 Å². The molecule has 144 valence electrons. The number of likely N-dealkylation sites (tertiary alicyclic amines) is 1. The number of amides is 2. The fraction of sp³-hybridized carbons (Fsp3) is 0.421. The molecule has 3 rings (SSSR count). The third kappa shape index (κ3) is 4.53. The van der Waals surface area contributed by atoms with E-state index in [4.69, 9.17) is 0 Å². The van der Waals surface area contributed by atoms with Crippen molar-refractivity contribution in [3.63, 3.8) is 0 Å². The number of β-amino-alcohol motifs (C(OH)–C–C–N with tert-alkyl or cyclic N) is 1. The molecule has 2 amide bonds. The molecule has 0 saturated carbocycles. The highest BCUT2D eigenvalue weighted by Crippen LogP contribution is 2.20. The molecular formula is C19H25N5O3. The maximum Gasteiger partial charge on any atom is 0.252 e. The Kier molecular flexibility index (Phi) is 5.88. The lowest BCUT2D eigenvalue weighted by molar-refractivity contribution is -0.130. The van der Waals surface area contributed by atoms with Crippen molar-refractivity contribution < 1.29 is 14.7 Å². The van der Waals surface area contributed by atoms with Crippen molar-refractivity contribution in [1.82, 2.24) is 25.1 Å². The average molecular weight is 371 g/mol. The van der Waals surface area contributed by atoms with E-state index in [1.54, 1.807) is 38.6 Å². The molecule has 0 aliphatic carbocycles. The van der Waals surface area contributed by atoms with Crippen molar-refractivity contribution >= 4 is 11.8 Å². The maximum absolute atomic E-state index is 12.8. The molecule has 0 radical (unpaired) electrons. The molecule has 0 spiro atoms. The van der Waals surface area contributed by atoms with Crippen LogP contribution in [0.1, 0.15) is 16.8 Å². The first kappa shape index (κ1) is 19.1. The van der Waals surface area contributed by atoms with E-state index >= 15 is 0 Å². The molecule has 8 heteroatoms. The van der Waals surface area contributed by atoms with Crippen LogP contribution in [0.25, 0.3) is 11.4 Å². The molecule has 1 aliphatic rings. The highest BCUT2D eigenvalue weighted by Gasteiger charge is 2.30. The number of aliphatic hydroxyl groups is 1. The van der Waals surface area contributed by atoms with E-state index in [0.29, 0.717) is 36.5 Å². The number of rotatable bonds is 5. The van der Waals surface area contributed by atoms with Crippen molar-refractivity contribution in [2.75, 3.05) is 33.7 Å². The van der Waals surface area contributed by atoms with Crippen LogP contribution in [0.4, 0.5) is 0 Å². The Balaban J connectivity index is 1.64. The number of hydrogen-bond donors (Lipinski definition) is 3. The van der Waals surface area contributed by atoms with Gasteiger partial charge in [0.25, 0.3) is 5.91 Å². The molecule has 1 aromatic heterocycles. The van der Waals surface area contributed by atoms with E-state index in [1.807, 2.05) is 17.0 Å². The summed E-state index contributed by atoms with van der Waals surface area (Å²) < 4.78 is 0. The quantitative estimate of drug-likeness (QED) is 0.703. The summed E-state index contributed by atoms with van der Waals surface area (Å²) in [6, 6.07) is 6.87. The van der Waals surface area contributed by atoms with E-state index in [1.165, 1.54) is 4.90 Å². The number of likely N-dealkylation sites (N-methyl/N-ethyl adjacent to an activating group) is 1. The molecule has 1 aromatic carbocycles. The Labute approximate surface area is 158 Å². The summed E-state index contributed by atoms with van der Waals surface area (Å²) in [5, 5.41) is 13.4. The number of benzene rings is 1. The largest absolute Gasteiger partial charge is 0.390 e. The van der Waals surface area contributed by atoms with Gasteiger partial charge in [-0.3, -0.25) is 14.5 Å². The molecule has 0 unspecified atom stereocenters. The Morgan fingerprint density at radius 1 is 1.37 bits per heavy atom. The lowest BCUT2D eigenvalue weighted by atomic mass is 10.00. The van der Waals surface area contributed by atoms with Gasteiger partial charge in [0.15, 0.2) is 0 Å².